The highest BCUT2D eigenvalue weighted by Crippen LogP contribution is 2.43. The van der Waals surface area contributed by atoms with Crippen molar-refractivity contribution in [1.29, 1.82) is 0 Å². The van der Waals surface area contributed by atoms with E-state index in [9.17, 15) is 0 Å². The molecule has 78 valence electrons. The van der Waals surface area contributed by atoms with E-state index in [1.807, 2.05) is 12.3 Å². The van der Waals surface area contributed by atoms with E-state index in [0.717, 1.165) is 18.5 Å². The van der Waals surface area contributed by atoms with Crippen molar-refractivity contribution >= 4 is 0 Å². The standard InChI is InChI=1S/C12H15N3/c1-15-10(9-3-2-8-14-9)4-5-11(15)12(13)6-7-12/h2-5,8,14H,6-7,13H2,1H3. The van der Waals surface area contributed by atoms with Gasteiger partial charge in [-0.25, -0.2) is 0 Å². The minimum absolute atomic E-state index is 0.0560. The molecule has 2 aromatic heterocycles. The summed E-state index contributed by atoms with van der Waals surface area (Å²) in [6.07, 6.45) is 4.15. The topological polar surface area (TPSA) is 46.7 Å². The fourth-order valence-corrected chi connectivity index (χ4v) is 2.16. The van der Waals surface area contributed by atoms with Crippen LogP contribution in [0.4, 0.5) is 0 Å². The molecule has 0 unspecified atom stereocenters. The zero-order valence-electron chi connectivity index (χ0n) is 8.83. The lowest BCUT2D eigenvalue weighted by atomic mass is 10.2. The molecule has 3 heteroatoms. The van der Waals surface area contributed by atoms with E-state index in [1.54, 1.807) is 0 Å². The van der Waals surface area contributed by atoms with Crippen LogP contribution in [0.5, 0.6) is 0 Å². The van der Waals surface area contributed by atoms with Crippen LogP contribution in [-0.4, -0.2) is 9.55 Å². The van der Waals surface area contributed by atoms with E-state index >= 15 is 0 Å². The second kappa shape index (κ2) is 2.76. The normalized spacial score (nSPS) is 18.0. The summed E-state index contributed by atoms with van der Waals surface area (Å²) in [7, 11) is 2.08. The van der Waals surface area contributed by atoms with E-state index in [1.165, 1.54) is 11.4 Å². The third-order valence-electron chi connectivity index (χ3n) is 3.29. The number of hydrogen-bond acceptors (Lipinski definition) is 1. The van der Waals surface area contributed by atoms with Gasteiger partial charge in [-0.1, -0.05) is 0 Å². The molecule has 0 bridgehead atoms. The number of hydrogen-bond donors (Lipinski definition) is 2. The van der Waals surface area contributed by atoms with Crippen molar-refractivity contribution < 1.29 is 0 Å². The Kier molecular flexibility index (Phi) is 1.62. The Morgan fingerprint density at radius 3 is 2.73 bits per heavy atom. The molecule has 3 rings (SSSR count). The number of aromatic amines is 1. The average Bonchev–Trinajstić information content (AvgIpc) is 2.71. The second-order valence-corrected chi connectivity index (χ2v) is 4.40. The molecule has 2 heterocycles. The summed E-state index contributed by atoms with van der Waals surface area (Å²) in [5.74, 6) is 0. The number of nitrogens with one attached hydrogen (secondary N) is 1. The lowest BCUT2D eigenvalue weighted by Crippen LogP contribution is -2.22. The van der Waals surface area contributed by atoms with E-state index in [-0.39, 0.29) is 5.54 Å². The Hall–Kier alpha value is -1.48. The van der Waals surface area contributed by atoms with Gasteiger partial charge in [-0.15, -0.1) is 0 Å². The molecule has 15 heavy (non-hydrogen) atoms. The quantitative estimate of drug-likeness (QED) is 0.766. The molecule has 1 fully saturated rings. The van der Waals surface area contributed by atoms with Gasteiger partial charge in [-0.05, 0) is 37.1 Å². The molecule has 1 aliphatic rings. The van der Waals surface area contributed by atoms with Crippen LogP contribution in [0.15, 0.2) is 30.5 Å². The summed E-state index contributed by atoms with van der Waals surface area (Å²) in [6, 6.07) is 8.36. The van der Waals surface area contributed by atoms with Crippen molar-refractivity contribution in [1.82, 2.24) is 9.55 Å². The summed E-state index contributed by atoms with van der Waals surface area (Å²) >= 11 is 0. The van der Waals surface area contributed by atoms with Crippen LogP contribution in [0.1, 0.15) is 18.5 Å². The SMILES string of the molecule is Cn1c(-c2ccc[nH]2)ccc1C1(N)CC1. The fraction of sp³-hybridized carbons (Fsp3) is 0.333. The van der Waals surface area contributed by atoms with Crippen molar-refractivity contribution in [2.24, 2.45) is 12.8 Å². The molecular weight excluding hydrogens is 186 g/mol. The monoisotopic (exact) mass is 201 g/mol. The molecule has 3 N–H and O–H groups in total. The number of nitrogens with zero attached hydrogens (tertiary/aromatic N) is 1. The van der Waals surface area contributed by atoms with Crippen LogP contribution < -0.4 is 5.73 Å². The minimum atomic E-state index is -0.0560. The molecule has 0 aliphatic heterocycles. The minimum Gasteiger partial charge on any atom is -0.360 e. The van der Waals surface area contributed by atoms with Gasteiger partial charge in [-0.3, -0.25) is 0 Å². The number of nitrogens with two attached hydrogens (primary N) is 1. The van der Waals surface area contributed by atoms with Gasteiger partial charge in [0.25, 0.3) is 0 Å². The summed E-state index contributed by atoms with van der Waals surface area (Å²) < 4.78 is 2.19. The molecule has 0 spiro atoms. The van der Waals surface area contributed by atoms with Gasteiger partial charge >= 0.3 is 0 Å². The van der Waals surface area contributed by atoms with E-state index in [2.05, 4.69) is 34.8 Å². The van der Waals surface area contributed by atoms with Crippen LogP contribution in [0.3, 0.4) is 0 Å². The van der Waals surface area contributed by atoms with Crippen molar-refractivity contribution in [2.45, 2.75) is 18.4 Å². The van der Waals surface area contributed by atoms with Crippen LogP contribution in [-0.2, 0) is 12.6 Å². The predicted molar refractivity (Wildman–Crippen MR) is 60.3 cm³/mol. The summed E-state index contributed by atoms with van der Waals surface area (Å²) in [5, 5.41) is 0. The van der Waals surface area contributed by atoms with Gasteiger partial charge < -0.3 is 15.3 Å². The fourth-order valence-electron chi connectivity index (χ4n) is 2.16. The molecule has 0 radical (unpaired) electrons. The molecule has 0 amide bonds. The first-order valence-electron chi connectivity index (χ1n) is 5.29. The van der Waals surface area contributed by atoms with Crippen molar-refractivity contribution in [3.8, 4) is 11.4 Å². The molecule has 0 atom stereocenters. The molecule has 1 saturated carbocycles. The largest absolute Gasteiger partial charge is 0.360 e. The van der Waals surface area contributed by atoms with Gasteiger partial charge in [0, 0.05) is 18.9 Å². The highest BCUT2D eigenvalue weighted by Gasteiger charge is 2.42. The molecular formula is C12H15N3. The van der Waals surface area contributed by atoms with Crippen LogP contribution >= 0.6 is 0 Å². The number of aromatic nitrogens is 2. The zero-order chi connectivity index (χ0) is 10.5. The molecule has 3 nitrogen and oxygen atoms in total. The first-order chi connectivity index (χ1) is 7.21. The summed E-state index contributed by atoms with van der Waals surface area (Å²) in [6.45, 7) is 0. The van der Waals surface area contributed by atoms with Gasteiger partial charge in [0.1, 0.15) is 0 Å². The predicted octanol–water partition coefficient (Wildman–Crippen LogP) is 1.97. The van der Waals surface area contributed by atoms with Crippen molar-refractivity contribution in [2.75, 3.05) is 0 Å². The smallest absolute Gasteiger partial charge is 0.0645 e. The Balaban J connectivity index is 2.08. The lowest BCUT2D eigenvalue weighted by molar-refractivity contribution is 0.661. The third-order valence-corrected chi connectivity index (χ3v) is 3.29. The van der Waals surface area contributed by atoms with Crippen molar-refractivity contribution in [3.63, 3.8) is 0 Å². The Morgan fingerprint density at radius 1 is 1.33 bits per heavy atom. The molecule has 2 aromatic rings. The lowest BCUT2D eigenvalue weighted by Gasteiger charge is -2.12. The maximum absolute atomic E-state index is 6.20. The van der Waals surface area contributed by atoms with Crippen LogP contribution in [0.25, 0.3) is 11.4 Å². The highest BCUT2D eigenvalue weighted by atomic mass is 15.0. The van der Waals surface area contributed by atoms with Gasteiger partial charge in [0.15, 0.2) is 0 Å². The van der Waals surface area contributed by atoms with Crippen LogP contribution in [0, 0.1) is 0 Å². The summed E-state index contributed by atoms with van der Waals surface area (Å²) in [5.41, 5.74) is 9.74. The Morgan fingerprint density at radius 2 is 2.13 bits per heavy atom. The zero-order valence-corrected chi connectivity index (χ0v) is 8.83. The van der Waals surface area contributed by atoms with Gasteiger partial charge in [0.2, 0.25) is 0 Å². The van der Waals surface area contributed by atoms with Crippen molar-refractivity contribution in [3.05, 3.63) is 36.2 Å². The van der Waals surface area contributed by atoms with E-state index in [4.69, 9.17) is 5.73 Å². The molecule has 0 aromatic carbocycles. The van der Waals surface area contributed by atoms with Gasteiger partial charge in [-0.2, -0.15) is 0 Å². The Labute approximate surface area is 88.9 Å². The second-order valence-electron chi connectivity index (χ2n) is 4.40. The van der Waals surface area contributed by atoms with E-state index in [0.29, 0.717) is 0 Å². The van der Waals surface area contributed by atoms with Crippen LogP contribution in [0.2, 0.25) is 0 Å². The number of rotatable bonds is 2. The maximum Gasteiger partial charge on any atom is 0.0645 e. The third kappa shape index (κ3) is 1.23. The first-order valence-corrected chi connectivity index (χ1v) is 5.29. The Bertz CT molecular complexity index is 475. The highest BCUT2D eigenvalue weighted by molar-refractivity contribution is 5.57. The maximum atomic E-state index is 6.20. The number of H-pyrrole nitrogens is 1. The first kappa shape index (κ1) is 8.80. The molecule has 0 saturated heterocycles. The average molecular weight is 201 g/mol. The molecule has 1 aliphatic carbocycles. The van der Waals surface area contributed by atoms with E-state index < -0.39 is 0 Å². The summed E-state index contributed by atoms with van der Waals surface area (Å²) in [4.78, 5) is 3.22. The van der Waals surface area contributed by atoms with Gasteiger partial charge in [0.05, 0.1) is 16.9 Å².